The van der Waals surface area contributed by atoms with Crippen LogP contribution in [0.25, 0.3) is 0 Å². The molecule has 1 aromatic carbocycles. The van der Waals surface area contributed by atoms with Crippen molar-refractivity contribution in [1.29, 1.82) is 0 Å². The maximum absolute atomic E-state index is 13.3. The summed E-state index contributed by atoms with van der Waals surface area (Å²) in [5.74, 6) is -0.308. The highest BCUT2D eigenvalue weighted by Crippen LogP contribution is 2.06. The average Bonchev–Trinajstić information content (AvgIpc) is 2.81. The first kappa shape index (κ1) is 11.9. The number of carbonyl (C=O) groups is 1. The highest BCUT2D eigenvalue weighted by Gasteiger charge is 2.17. The van der Waals surface area contributed by atoms with Crippen LogP contribution in [0.15, 0.2) is 24.3 Å². The normalized spacial score (nSPS) is 19.0. The van der Waals surface area contributed by atoms with Crippen molar-refractivity contribution in [3.05, 3.63) is 35.6 Å². The number of hydrogen-bond donors (Lipinski definition) is 2. The van der Waals surface area contributed by atoms with Crippen LogP contribution in [-0.4, -0.2) is 25.3 Å². The van der Waals surface area contributed by atoms with E-state index in [2.05, 4.69) is 10.6 Å². The number of urea groups is 1. The van der Waals surface area contributed by atoms with E-state index in [1.54, 1.807) is 18.2 Å². The molecule has 17 heavy (non-hydrogen) atoms. The first-order chi connectivity index (χ1) is 8.25. The molecule has 1 saturated heterocycles. The van der Waals surface area contributed by atoms with Crippen molar-refractivity contribution >= 4 is 6.03 Å². The van der Waals surface area contributed by atoms with Gasteiger partial charge in [-0.15, -0.1) is 0 Å². The number of halogens is 1. The van der Waals surface area contributed by atoms with Crippen molar-refractivity contribution in [3.8, 4) is 0 Å². The molecule has 5 heteroatoms. The fourth-order valence-electron chi connectivity index (χ4n) is 1.70. The van der Waals surface area contributed by atoms with E-state index >= 15 is 0 Å². The fraction of sp³-hybridized carbons (Fsp3) is 0.417. The van der Waals surface area contributed by atoms with Crippen molar-refractivity contribution in [3.63, 3.8) is 0 Å². The Bertz CT molecular complexity index is 392. The Morgan fingerprint density at radius 2 is 2.29 bits per heavy atom. The van der Waals surface area contributed by atoms with E-state index < -0.39 is 0 Å². The minimum atomic E-state index is -0.308. The maximum atomic E-state index is 13.3. The molecular weight excluding hydrogens is 223 g/mol. The van der Waals surface area contributed by atoms with Gasteiger partial charge >= 0.3 is 6.03 Å². The molecule has 0 radical (unpaired) electrons. The van der Waals surface area contributed by atoms with Crippen molar-refractivity contribution < 1.29 is 13.9 Å². The van der Waals surface area contributed by atoms with E-state index in [0.717, 1.165) is 6.42 Å². The van der Waals surface area contributed by atoms with E-state index in [1.807, 2.05) is 0 Å². The van der Waals surface area contributed by atoms with E-state index in [-0.39, 0.29) is 24.4 Å². The molecular formula is C12H15FN2O2. The van der Waals surface area contributed by atoms with Gasteiger partial charge in [-0.05, 0) is 12.5 Å². The average molecular weight is 238 g/mol. The first-order valence-electron chi connectivity index (χ1n) is 5.61. The summed E-state index contributed by atoms with van der Waals surface area (Å²) in [5, 5.41) is 5.39. The first-order valence-corrected chi connectivity index (χ1v) is 5.61. The van der Waals surface area contributed by atoms with Gasteiger partial charge in [0.05, 0.1) is 12.6 Å². The lowest BCUT2D eigenvalue weighted by atomic mass is 10.2. The molecule has 4 nitrogen and oxygen atoms in total. The fourth-order valence-corrected chi connectivity index (χ4v) is 1.70. The lowest BCUT2D eigenvalue weighted by Crippen LogP contribution is -2.42. The van der Waals surface area contributed by atoms with E-state index in [4.69, 9.17) is 4.74 Å². The number of benzene rings is 1. The van der Waals surface area contributed by atoms with Gasteiger partial charge in [-0.25, -0.2) is 9.18 Å². The third-order valence-corrected chi connectivity index (χ3v) is 2.66. The molecule has 1 unspecified atom stereocenters. The van der Waals surface area contributed by atoms with Gasteiger partial charge < -0.3 is 15.4 Å². The monoisotopic (exact) mass is 238 g/mol. The van der Waals surface area contributed by atoms with E-state index in [9.17, 15) is 9.18 Å². The molecule has 92 valence electrons. The van der Waals surface area contributed by atoms with Crippen LogP contribution < -0.4 is 10.6 Å². The van der Waals surface area contributed by atoms with Crippen molar-refractivity contribution in [2.75, 3.05) is 13.2 Å². The Morgan fingerprint density at radius 1 is 1.47 bits per heavy atom. The van der Waals surface area contributed by atoms with Crippen LogP contribution in [-0.2, 0) is 11.3 Å². The Morgan fingerprint density at radius 3 is 3.00 bits per heavy atom. The minimum Gasteiger partial charge on any atom is -0.379 e. The van der Waals surface area contributed by atoms with Gasteiger partial charge in [-0.3, -0.25) is 0 Å². The van der Waals surface area contributed by atoms with Gasteiger partial charge in [0.2, 0.25) is 0 Å². The zero-order valence-electron chi connectivity index (χ0n) is 9.41. The number of nitrogens with one attached hydrogen (secondary N) is 2. The SMILES string of the molecule is O=C(NCc1ccccc1F)NC1CCOC1. The van der Waals surface area contributed by atoms with Gasteiger partial charge in [0, 0.05) is 18.7 Å². The standard InChI is InChI=1S/C12H15FN2O2/c13-11-4-2-1-3-9(11)7-14-12(16)15-10-5-6-17-8-10/h1-4,10H,5-8H2,(H2,14,15,16). The van der Waals surface area contributed by atoms with Crippen molar-refractivity contribution in [1.82, 2.24) is 10.6 Å². The third kappa shape index (κ3) is 3.42. The Balaban J connectivity index is 1.77. The second-order valence-electron chi connectivity index (χ2n) is 3.98. The molecule has 1 aliphatic heterocycles. The molecule has 2 rings (SSSR count). The molecule has 0 bridgehead atoms. The molecule has 0 spiro atoms. The van der Waals surface area contributed by atoms with Crippen LogP contribution in [0, 0.1) is 5.82 Å². The number of hydrogen-bond acceptors (Lipinski definition) is 2. The Kier molecular flexibility index (Phi) is 3.93. The summed E-state index contributed by atoms with van der Waals surface area (Å²) in [4.78, 5) is 11.5. The van der Waals surface area contributed by atoms with E-state index in [0.29, 0.717) is 18.8 Å². The van der Waals surface area contributed by atoms with Gasteiger partial charge in [0.25, 0.3) is 0 Å². The summed E-state index contributed by atoms with van der Waals surface area (Å²) in [7, 11) is 0. The summed E-state index contributed by atoms with van der Waals surface area (Å²) in [6.45, 7) is 1.41. The lowest BCUT2D eigenvalue weighted by Gasteiger charge is -2.12. The molecule has 1 aromatic rings. The second kappa shape index (κ2) is 5.63. The zero-order chi connectivity index (χ0) is 12.1. The van der Waals surface area contributed by atoms with Crippen LogP contribution in [0.5, 0.6) is 0 Å². The summed E-state index contributed by atoms with van der Waals surface area (Å²) in [6, 6.07) is 6.16. The molecule has 1 atom stereocenters. The van der Waals surface area contributed by atoms with Crippen molar-refractivity contribution in [2.24, 2.45) is 0 Å². The number of carbonyl (C=O) groups excluding carboxylic acids is 1. The highest BCUT2D eigenvalue weighted by molar-refractivity contribution is 5.74. The van der Waals surface area contributed by atoms with Crippen LogP contribution in [0.2, 0.25) is 0 Å². The van der Waals surface area contributed by atoms with Gasteiger partial charge in [-0.1, -0.05) is 18.2 Å². The zero-order valence-corrected chi connectivity index (χ0v) is 9.41. The molecule has 1 fully saturated rings. The smallest absolute Gasteiger partial charge is 0.315 e. The Hall–Kier alpha value is -1.62. The minimum absolute atomic E-state index is 0.0654. The molecule has 1 aliphatic rings. The molecule has 2 N–H and O–H groups in total. The van der Waals surface area contributed by atoms with Crippen LogP contribution in [0.3, 0.4) is 0 Å². The second-order valence-corrected chi connectivity index (χ2v) is 3.98. The quantitative estimate of drug-likeness (QED) is 0.836. The van der Waals surface area contributed by atoms with Gasteiger partial charge in [0.1, 0.15) is 5.82 Å². The number of ether oxygens (including phenoxy) is 1. The maximum Gasteiger partial charge on any atom is 0.315 e. The van der Waals surface area contributed by atoms with Crippen LogP contribution in [0.4, 0.5) is 9.18 Å². The van der Waals surface area contributed by atoms with Gasteiger partial charge in [-0.2, -0.15) is 0 Å². The summed E-state index contributed by atoms with van der Waals surface area (Å²) in [6.07, 6.45) is 0.827. The van der Waals surface area contributed by atoms with E-state index in [1.165, 1.54) is 6.07 Å². The predicted octanol–water partition coefficient (Wildman–Crippen LogP) is 1.41. The lowest BCUT2D eigenvalue weighted by molar-refractivity contribution is 0.188. The molecule has 1 heterocycles. The highest BCUT2D eigenvalue weighted by atomic mass is 19.1. The molecule has 2 amide bonds. The van der Waals surface area contributed by atoms with Crippen molar-refractivity contribution in [2.45, 2.75) is 19.0 Å². The van der Waals surface area contributed by atoms with Crippen LogP contribution in [0.1, 0.15) is 12.0 Å². The molecule has 0 aromatic heterocycles. The molecule has 0 saturated carbocycles. The molecule has 0 aliphatic carbocycles. The summed E-state index contributed by atoms with van der Waals surface area (Å²) >= 11 is 0. The third-order valence-electron chi connectivity index (χ3n) is 2.66. The van der Waals surface area contributed by atoms with Gasteiger partial charge in [0.15, 0.2) is 0 Å². The predicted molar refractivity (Wildman–Crippen MR) is 61.0 cm³/mol. The Labute approximate surface area is 99.2 Å². The number of amides is 2. The summed E-state index contributed by atoms with van der Waals surface area (Å²) in [5.41, 5.74) is 0.477. The topological polar surface area (TPSA) is 50.4 Å². The largest absolute Gasteiger partial charge is 0.379 e. The summed E-state index contributed by atoms with van der Waals surface area (Å²) < 4.78 is 18.4. The number of rotatable bonds is 3. The van der Waals surface area contributed by atoms with Crippen LogP contribution >= 0.6 is 0 Å².